The van der Waals surface area contributed by atoms with Crippen LogP contribution in [0.25, 0.3) is 0 Å². The van der Waals surface area contributed by atoms with Crippen molar-refractivity contribution in [3.05, 3.63) is 59.7 Å². The number of ketones is 1. The molecule has 0 spiro atoms. The second-order valence-electron chi connectivity index (χ2n) is 12.7. The number of para-hydroxylation sites is 1. The number of thioether (sulfide) groups is 1. The molecule has 1 aliphatic heterocycles. The summed E-state index contributed by atoms with van der Waals surface area (Å²) in [7, 11) is 0. The molecular formula is C33H43NO7S. The molecule has 2 amide bonds. The van der Waals surface area contributed by atoms with Gasteiger partial charge >= 0.3 is 18.2 Å². The second kappa shape index (κ2) is 13.3. The van der Waals surface area contributed by atoms with Crippen molar-refractivity contribution in [1.29, 1.82) is 0 Å². The van der Waals surface area contributed by atoms with Gasteiger partial charge in [-0.25, -0.2) is 9.59 Å². The molecule has 0 aliphatic carbocycles. The van der Waals surface area contributed by atoms with Crippen LogP contribution in [0.2, 0.25) is 0 Å². The monoisotopic (exact) mass is 597 g/mol. The Hall–Kier alpha value is -3.33. The van der Waals surface area contributed by atoms with E-state index in [-0.39, 0.29) is 30.7 Å². The third kappa shape index (κ3) is 8.60. The van der Waals surface area contributed by atoms with E-state index in [0.29, 0.717) is 18.4 Å². The highest BCUT2D eigenvalue weighted by atomic mass is 32.2. The minimum atomic E-state index is -1.03. The first-order valence-electron chi connectivity index (χ1n) is 14.3. The molecule has 228 valence electrons. The van der Waals surface area contributed by atoms with Crippen molar-refractivity contribution in [2.75, 3.05) is 4.90 Å². The van der Waals surface area contributed by atoms with Crippen LogP contribution < -0.4 is 4.90 Å². The van der Waals surface area contributed by atoms with Gasteiger partial charge in [0.15, 0.2) is 5.44 Å². The number of esters is 1. The van der Waals surface area contributed by atoms with Crippen LogP contribution in [-0.4, -0.2) is 40.6 Å². The highest BCUT2D eigenvalue weighted by molar-refractivity contribution is 7.99. The van der Waals surface area contributed by atoms with Gasteiger partial charge in [0.2, 0.25) is 0 Å². The van der Waals surface area contributed by atoms with Crippen LogP contribution in [0, 0.1) is 6.92 Å². The lowest BCUT2D eigenvalue weighted by Gasteiger charge is -2.36. The largest absolute Gasteiger partial charge is 0.450 e. The summed E-state index contributed by atoms with van der Waals surface area (Å²) in [6.07, 6.45) is -0.209. The van der Waals surface area contributed by atoms with E-state index in [4.69, 9.17) is 14.2 Å². The van der Waals surface area contributed by atoms with Gasteiger partial charge in [-0.2, -0.15) is 4.90 Å². The molecule has 0 unspecified atom stereocenters. The van der Waals surface area contributed by atoms with Crippen molar-refractivity contribution in [3.63, 3.8) is 0 Å². The van der Waals surface area contributed by atoms with Crippen LogP contribution in [-0.2, 0) is 29.2 Å². The molecule has 42 heavy (non-hydrogen) atoms. The fraction of sp³-hybridized carbons (Fsp3) is 0.515. The van der Waals surface area contributed by atoms with Gasteiger partial charge in [-0.1, -0.05) is 54.6 Å². The van der Waals surface area contributed by atoms with E-state index in [2.05, 4.69) is 0 Å². The van der Waals surface area contributed by atoms with E-state index in [1.165, 1.54) is 11.8 Å². The molecule has 0 bridgehead atoms. The molecule has 9 heteroatoms. The highest BCUT2D eigenvalue weighted by Gasteiger charge is 2.53. The first-order chi connectivity index (χ1) is 19.5. The lowest BCUT2D eigenvalue weighted by molar-refractivity contribution is -0.138. The van der Waals surface area contributed by atoms with Crippen LogP contribution in [0.15, 0.2) is 53.4 Å². The lowest BCUT2D eigenvalue weighted by atomic mass is 9.74. The van der Waals surface area contributed by atoms with Crippen molar-refractivity contribution >= 4 is 41.4 Å². The quantitative estimate of drug-likeness (QED) is 0.211. The summed E-state index contributed by atoms with van der Waals surface area (Å²) in [5.41, 5.74) is -1.70. The molecule has 0 N–H and O–H groups in total. The first-order valence-corrected chi connectivity index (χ1v) is 15.2. The van der Waals surface area contributed by atoms with E-state index in [1.54, 1.807) is 65.8 Å². The number of ether oxygens (including phenoxy) is 3. The van der Waals surface area contributed by atoms with Gasteiger partial charge in [-0.3, -0.25) is 9.59 Å². The van der Waals surface area contributed by atoms with Crippen LogP contribution in [0.5, 0.6) is 0 Å². The summed E-state index contributed by atoms with van der Waals surface area (Å²) >= 11 is 1.38. The molecule has 3 rings (SSSR count). The number of aryl methyl sites for hydroxylation is 1. The van der Waals surface area contributed by atoms with Crippen LogP contribution in [0.3, 0.4) is 0 Å². The molecule has 8 nitrogen and oxygen atoms in total. The lowest BCUT2D eigenvalue weighted by Crippen LogP contribution is -2.45. The Balaban J connectivity index is 2.21. The number of amides is 2. The summed E-state index contributed by atoms with van der Waals surface area (Å²) in [4.78, 5) is 54.9. The maximum Gasteiger partial charge on any atom is 0.424 e. The Morgan fingerprint density at radius 2 is 1.50 bits per heavy atom. The Kier molecular flexibility index (Phi) is 10.5. The molecule has 0 aromatic heterocycles. The number of carbonyl (C=O) groups excluding carboxylic acids is 4. The minimum absolute atomic E-state index is 0.0244. The van der Waals surface area contributed by atoms with Crippen LogP contribution in [0.1, 0.15) is 91.7 Å². The zero-order valence-corrected chi connectivity index (χ0v) is 26.8. The average molecular weight is 598 g/mol. The van der Waals surface area contributed by atoms with E-state index in [1.807, 2.05) is 38.1 Å². The molecule has 1 aliphatic rings. The third-order valence-electron chi connectivity index (χ3n) is 6.63. The smallest absolute Gasteiger partial charge is 0.424 e. The Morgan fingerprint density at radius 3 is 2.05 bits per heavy atom. The number of nitrogens with zero attached hydrogens (tertiary/aromatic N) is 1. The second-order valence-corrected chi connectivity index (χ2v) is 13.8. The Labute approximate surface area is 253 Å². The maximum absolute atomic E-state index is 13.6. The van der Waals surface area contributed by atoms with Crippen LogP contribution >= 0.6 is 11.8 Å². The van der Waals surface area contributed by atoms with Gasteiger partial charge in [0.1, 0.15) is 17.0 Å². The number of Topliss-reactive ketones (excluding diaryl/α,β-unsaturated/α-hetero) is 1. The summed E-state index contributed by atoms with van der Waals surface area (Å²) in [5, 5.41) is 0. The summed E-state index contributed by atoms with van der Waals surface area (Å²) < 4.78 is 17.2. The van der Waals surface area contributed by atoms with Crippen molar-refractivity contribution in [2.45, 2.75) is 114 Å². The number of anilines is 1. The Morgan fingerprint density at radius 1 is 0.929 bits per heavy atom. The SMILES string of the molecule is CCCC(=O)CC[C@]1(c2ccccc2N(C(=O)OC(C)(C)C)C(=O)OC(C)(C)C)CC(=O)O[C@@H]1Sc1ccc(C)cc1. The summed E-state index contributed by atoms with van der Waals surface area (Å²) in [6.45, 7) is 14.2. The van der Waals surface area contributed by atoms with E-state index in [9.17, 15) is 19.2 Å². The van der Waals surface area contributed by atoms with Crippen molar-refractivity contribution in [3.8, 4) is 0 Å². The van der Waals surface area contributed by atoms with Crippen molar-refractivity contribution < 1.29 is 33.4 Å². The summed E-state index contributed by atoms with van der Waals surface area (Å²) in [6, 6.07) is 14.8. The number of hydrogen-bond acceptors (Lipinski definition) is 8. The van der Waals surface area contributed by atoms with E-state index < -0.39 is 40.2 Å². The van der Waals surface area contributed by atoms with E-state index in [0.717, 1.165) is 15.4 Å². The molecule has 1 saturated heterocycles. The Bertz CT molecular complexity index is 1260. The van der Waals surface area contributed by atoms with Gasteiger partial charge in [0, 0.05) is 17.7 Å². The predicted octanol–water partition coefficient (Wildman–Crippen LogP) is 8.12. The molecule has 2 atom stereocenters. The van der Waals surface area contributed by atoms with Crippen molar-refractivity contribution in [2.24, 2.45) is 0 Å². The predicted molar refractivity (Wildman–Crippen MR) is 164 cm³/mol. The van der Waals surface area contributed by atoms with Gasteiger partial charge in [0.25, 0.3) is 0 Å². The number of carbonyl (C=O) groups is 4. The molecule has 2 aromatic rings. The molecular weight excluding hydrogens is 554 g/mol. The number of cyclic esters (lactones) is 1. The van der Waals surface area contributed by atoms with E-state index >= 15 is 0 Å². The fourth-order valence-corrected chi connectivity index (χ4v) is 6.05. The van der Waals surface area contributed by atoms with Crippen molar-refractivity contribution in [1.82, 2.24) is 0 Å². The standard InChI is InChI=1S/C33H43NO7S/c1-9-12-23(35)19-20-33(21-27(36)39-28(33)42-24-17-15-22(2)16-18-24)25-13-10-11-14-26(25)34(29(37)40-31(3,4)5)30(38)41-32(6,7)8/h10-11,13-18,28H,9,12,19-21H2,1-8H3/t28-,33-/m1/s1. The third-order valence-corrected chi connectivity index (χ3v) is 7.93. The number of benzene rings is 2. The van der Waals surface area contributed by atoms with Gasteiger partial charge in [0.05, 0.1) is 17.5 Å². The van der Waals surface area contributed by atoms with Gasteiger partial charge in [-0.05, 0) is 85.1 Å². The highest BCUT2D eigenvalue weighted by Crippen LogP contribution is 2.52. The zero-order chi connectivity index (χ0) is 31.3. The molecule has 2 aromatic carbocycles. The van der Waals surface area contributed by atoms with Gasteiger partial charge < -0.3 is 14.2 Å². The molecule has 0 radical (unpaired) electrons. The normalized spacial score (nSPS) is 18.8. The molecule has 1 fully saturated rings. The zero-order valence-electron chi connectivity index (χ0n) is 25.9. The summed E-state index contributed by atoms with van der Waals surface area (Å²) in [5.74, 6) is -0.345. The molecule has 0 saturated carbocycles. The topological polar surface area (TPSA) is 99.2 Å². The fourth-order valence-electron chi connectivity index (χ4n) is 4.80. The average Bonchev–Trinajstić information content (AvgIpc) is 3.18. The van der Waals surface area contributed by atoms with Crippen LogP contribution in [0.4, 0.5) is 15.3 Å². The number of rotatable bonds is 9. The number of imide groups is 1. The number of hydrogen-bond donors (Lipinski definition) is 0. The first kappa shape index (κ1) is 33.2. The molecule has 1 heterocycles. The maximum atomic E-state index is 13.6. The van der Waals surface area contributed by atoms with Gasteiger partial charge in [-0.15, -0.1) is 0 Å². The minimum Gasteiger partial charge on any atom is -0.450 e.